The highest BCUT2D eigenvalue weighted by Gasteiger charge is 2.15. The summed E-state index contributed by atoms with van der Waals surface area (Å²) in [6.07, 6.45) is 0.994. The van der Waals surface area contributed by atoms with E-state index in [-0.39, 0.29) is 17.5 Å². The molecule has 0 spiro atoms. The van der Waals surface area contributed by atoms with Gasteiger partial charge in [0.2, 0.25) is 5.91 Å². The van der Waals surface area contributed by atoms with Crippen molar-refractivity contribution in [1.82, 2.24) is 10.6 Å². The van der Waals surface area contributed by atoms with Crippen LogP contribution < -0.4 is 10.6 Å². The van der Waals surface area contributed by atoms with Crippen molar-refractivity contribution < 1.29 is 9.53 Å². The molecule has 4 heteroatoms. The maximum absolute atomic E-state index is 11.5. The van der Waals surface area contributed by atoms with Crippen LogP contribution in [0.25, 0.3) is 0 Å². The predicted molar refractivity (Wildman–Crippen MR) is 61.9 cm³/mol. The number of hydrogen-bond donors (Lipinski definition) is 2. The van der Waals surface area contributed by atoms with E-state index in [9.17, 15) is 4.79 Å². The number of hydrogen-bond acceptors (Lipinski definition) is 3. The fourth-order valence-electron chi connectivity index (χ4n) is 1.06. The van der Waals surface area contributed by atoms with Gasteiger partial charge in [0.15, 0.2) is 0 Å². The van der Waals surface area contributed by atoms with Crippen molar-refractivity contribution in [3.63, 3.8) is 0 Å². The van der Waals surface area contributed by atoms with E-state index >= 15 is 0 Å². The Morgan fingerprint density at radius 2 is 2.07 bits per heavy atom. The van der Waals surface area contributed by atoms with E-state index in [1.165, 1.54) is 0 Å². The topological polar surface area (TPSA) is 50.4 Å². The van der Waals surface area contributed by atoms with Crippen LogP contribution in [0.2, 0.25) is 0 Å². The van der Waals surface area contributed by atoms with E-state index in [4.69, 9.17) is 4.74 Å². The van der Waals surface area contributed by atoms with Gasteiger partial charge in [-0.15, -0.1) is 0 Å². The van der Waals surface area contributed by atoms with Crippen LogP contribution in [0, 0.1) is 0 Å². The van der Waals surface area contributed by atoms with Crippen LogP contribution >= 0.6 is 0 Å². The largest absolute Gasteiger partial charge is 0.383 e. The molecule has 0 radical (unpaired) electrons. The molecular formula is C11H24N2O2. The molecule has 0 aliphatic heterocycles. The summed E-state index contributed by atoms with van der Waals surface area (Å²) in [7, 11) is 1.63. The minimum Gasteiger partial charge on any atom is -0.383 e. The normalized spacial score (nSPS) is 13.7. The molecule has 0 saturated heterocycles. The average Bonchev–Trinajstić information content (AvgIpc) is 2.15. The summed E-state index contributed by atoms with van der Waals surface area (Å²) in [5, 5.41) is 6.05. The monoisotopic (exact) mass is 216 g/mol. The number of rotatable bonds is 7. The number of methoxy groups -OCH3 is 1. The van der Waals surface area contributed by atoms with Crippen LogP contribution in [0.4, 0.5) is 0 Å². The quantitative estimate of drug-likeness (QED) is 0.665. The summed E-state index contributed by atoms with van der Waals surface area (Å²) in [6, 6.07) is 0.0639. The van der Waals surface area contributed by atoms with E-state index in [2.05, 4.69) is 31.4 Å². The highest BCUT2D eigenvalue weighted by molar-refractivity contribution is 5.78. The lowest BCUT2D eigenvalue weighted by atomic mass is 10.0. The van der Waals surface area contributed by atoms with E-state index in [1.54, 1.807) is 7.11 Å². The van der Waals surface area contributed by atoms with E-state index < -0.39 is 0 Å². The van der Waals surface area contributed by atoms with Crippen LogP contribution in [-0.2, 0) is 9.53 Å². The summed E-state index contributed by atoms with van der Waals surface area (Å²) < 4.78 is 4.94. The smallest absolute Gasteiger partial charge is 0.234 e. The molecule has 2 N–H and O–H groups in total. The molecule has 0 rings (SSSR count). The van der Waals surface area contributed by atoms with Gasteiger partial charge in [-0.2, -0.15) is 0 Å². The van der Waals surface area contributed by atoms with Crippen LogP contribution in [0.3, 0.4) is 0 Å². The number of carbonyl (C=O) groups excluding carboxylic acids is 1. The first-order chi connectivity index (χ1) is 6.91. The maximum atomic E-state index is 11.5. The second-order valence-electron chi connectivity index (χ2n) is 4.51. The molecule has 0 aliphatic carbocycles. The summed E-state index contributed by atoms with van der Waals surface area (Å²) >= 11 is 0. The van der Waals surface area contributed by atoms with Gasteiger partial charge in [0, 0.05) is 18.7 Å². The first kappa shape index (κ1) is 14.4. The molecule has 15 heavy (non-hydrogen) atoms. The molecule has 0 saturated carbocycles. The number of amides is 1. The number of ether oxygens (including phenoxy) is 1. The van der Waals surface area contributed by atoms with E-state index in [0.29, 0.717) is 13.2 Å². The van der Waals surface area contributed by atoms with Crippen molar-refractivity contribution in [2.75, 3.05) is 20.3 Å². The van der Waals surface area contributed by atoms with Gasteiger partial charge in [-0.1, -0.05) is 6.92 Å². The fourth-order valence-corrected chi connectivity index (χ4v) is 1.06. The van der Waals surface area contributed by atoms with Gasteiger partial charge < -0.3 is 15.4 Å². The third-order valence-corrected chi connectivity index (χ3v) is 2.44. The minimum atomic E-state index is 0.0149. The molecule has 0 fully saturated rings. The zero-order valence-electron chi connectivity index (χ0n) is 10.5. The third kappa shape index (κ3) is 7.33. The summed E-state index contributed by atoms with van der Waals surface area (Å²) in [5.74, 6) is 0.0149. The molecule has 0 aromatic rings. The first-order valence-electron chi connectivity index (χ1n) is 5.44. The molecule has 1 unspecified atom stereocenters. The Kier molecular flexibility index (Phi) is 6.52. The maximum Gasteiger partial charge on any atom is 0.234 e. The Morgan fingerprint density at radius 1 is 1.47 bits per heavy atom. The van der Waals surface area contributed by atoms with E-state index in [1.807, 2.05) is 6.92 Å². The standard InChI is InChI=1S/C11H24N2O2/c1-6-11(3,4)12-7-10(14)13-9(2)8-15-5/h9,12H,6-8H2,1-5H3,(H,13,14). The lowest BCUT2D eigenvalue weighted by Crippen LogP contribution is -2.47. The zero-order valence-corrected chi connectivity index (χ0v) is 10.5. The van der Waals surface area contributed by atoms with Crippen molar-refractivity contribution in [2.45, 2.75) is 45.7 Å². The Hall–Kier alpha value is -0.610. The zero-order chi connectivity index (χ0) is 11.9. The van der Waals surface area contributed by atoms with Gasteiger partial charge in [0.1, 0.15) is 0 Å². The fraction of sp³-hybridized carbons (Fsp3) is 0.909. The van der Waals surface area contributed by atoms with Crippen LogP contribution in [-0.4, -0.2) is 37.7 Å². The molecule has 0 bridgehead atoms. The van der Waals surface area contributed by atoms with Crippen LogP contribution in [0.5, 0.6) is 0 Å². The van der Waals surface area contributed by atoms with Gasteiger partial charge in [0.05, 0.1) is 13.2 Å². The summed E-state index contributed by atoms with van der Waals surface area (Å²) in [4.78, 5) is 11.5. The van der Waals surface area contributed by atoms with Gasteiger partial charge in [0.25, 0.3) is 0 Å². The number of carbonyl (C=O) groups is 1. The molecule has 4 nitrogen and oxygen atoms in total. The Morgan fingerprint density at radius 3 is 2.53 bits per heavy atom. The van der Waals surface area contributed by atoms with Gasteiger partial charge in [-0.05, 0) is 27.2 Å². The van der Waals surface area contributed by atoms with Gasteiger partial charge >= 0.3 is 0 Å². The summed E-state index contributed by atoms with van der Waals surface area (Å²) in [5.41, 5.74) is 0.0157. The van der Waals surface area contributed by atoms with E-state index in [0.717, 1.165) is 6.42 Å². The molecular weight excluding hydrogens is 192 g/mol. The van der Waals surface area contributed by atoms with Crippen molar-refractivity contribution in [1.29, 1.82) is 0 Å². The Balaban J connectivity index is 3.75. The van der Waals surface area contributed by atoms with Crippen molar-refractivity contribution >= 4 is 5.91 Å². The lowest BCUT2D eigenvalue weighted by Gasteiger charge is -2.24. The van der Waals surface area contributed by atoms with Gasteiger partial charge in [-0.3, -0.25) is 4.79 Å². The third-order valence-electron chi connectivity index (χ3n) is 2.44. The predicted octanol–water partition coefficient (Wildman–Crippen LogP) is 0.916. The van der Waals surface area contributed by atoms with Crippen molar-refractivity contribution in [3.8, 4) is 0 Å². The summed E-state index contributed by atoms with van der Waals surface area (Å²) in [6.45, 7) is 9.08. The molecule has 1 atom stereocenters. The second kappa shape index (κ2) is 6.80. The van der Waals surface area contributed by atoms with Gasteiger partial charge in [-0.25, -0.2) is 0 Å². The Bertz CT molecular complexity index is 193. The molecule has 0 aromatic heterocycles. The Labute approximate surface area is 92.8 Å². The highest BCUT2D eigenvalue weighted by Crippen LogP contribution is 2.05. The molecule has 0 aliphatic rings. The minimum absolute atomic E-state index is 0.0149. The molecule has 0 aromatic carbocycles. The van der Waals surface area contributed by atoms with Crippen LogP contribution in [0.15, 0.2) is 0 Å². The highest BCUT2D eigenvalue weighted by atomic mass is 16.5. The first-order valence-corrected chi connectivity index (χ1v) is 5.44. The molecule has 1 amide bonds. The lowest BCUT2D eigenvalue weighted by molar-refractivity contribution is -0.121. The van der Waals surface area contributed by atoms with Crippen molar-refractivity contribution in [2.24, 2.45) is 0 Å². The second-order valence-corrected chi connectivity index (χ2v) is 4.51. The van der Waals surface area contributed by atoms with Crippen LogP contribution in [0.1, 0.15) is 34.1 Å². The molecule has 0 heterocycles. The SMILES string of the molecule is CCC(C)(C)NCC(=O)NC(C)COC. The number of nitrogens with one attached hydrogen (secondary N) is 2. The molecule has 90 valence electrons. The van der Waals surface area contributed by atoms with Crippen molar-refractivity contribution in [3.05, 3.63) is 0 Å². The average molecular weight is 216 g/mol.